The number of nitrogens with one attached hydrogen (secondary N) is 2. The molecule has 1 aliphatic carbocycles. The molecular weight excluding hydrogens is 216 g/mol. The molecule has 1 rings (SSSR count). The summed E-state index contributed by atoms with van der Waals surface area (Å²) in [6.07, 6.45) is 4.76. The summed E-state index contributed by atoms with van der Waals surface area (Å²) in [5, 5.41) is 0. The summed E-state index contributed by atoms with van der Waals surface area (Å²) >= 11 is 0. The van der Waals surface area contributed by atoms with E-state index < -0.39 is 11.7 Å². The van der Waals surface area contributed by atoms with Crippen molar-refractivity contribution in [2.24, 2.45) is 11.8 Å². The molecule has 4 heteroatoms. The molecule has 100 valence electrons. The van der Waals surface area contributed by atoms with E-state index in [0.29, 0.717) is 5.92 Å². The van der Waals surface area contributed by atoms with Crippen LogP contribution in [0, 0.1) is 11.8 Å². The number of hydrogen-bond acceptors (Lipinski definition) is 3. The van der Waals surface area contributed by atoms with Crippen LogP contribution in [0.1, 0.15) is 53.4 Å². The summed E-state index contributed by atoms with van der Waals surface area (Å²) in [6, 6.07) is 0. The molecule has 0 aromatic carbocycles. The smallest absolute Gasteiger partial charge is 0.422 e. The lowest BCUT2D eigenvalue weighted by atomic mass is 9.82. The molecule has 1 aliphatic rings. The third-order valence-corrected chi connectivity index (χ3v) is 3.03. The average Bonchev–Trinajstić information content (AvgIpc) is 2.14. The Morgan fingerprint density at radius 3 is 2.65 bits per heavy atom. The van der Waals surface area contributed by atoms with Crippen molar-refractivity contribution < 1.29 is 9.53 Å². The van der Waals surface area contributed by atoms with Gasteiger partial charge in [-0.1, -0.05) is 19.8 Å². The van der Waals surface area contributed by atoms with Gasteiger partial charge in [-0.05, 0) is 45.4 Å². The van der Waals surface area contributed by atoms with Crippen molar-refractivity contribution in [2.45, 2.75) is 59.0 Å². The van der Waals surface area contributed by atoms with Crippen LogP contribution in [0.2, 0.25) is 0 Å². The normalized spacial score (nSPS) is 25.4. The molecule has 0 aliphatic heterocycles. The highest BCUT2D eigenvalue weighted by Gasteiger charge is 2.19. The first-order valence-corrected chi connectivity index (χ1v) is 6.58. The molecule has 17 heavy (non-hydrogen) atoms. The summed E-state index contributed by atoms with van der Waals surface area (Å²) in [7, 11) is 0. The van der Waals surface area contributed by atoms with Gasteiger partial charge in [-0.3, -0.25) is 5.43 Å². The molecule has 2 atom stereocenters. The minimum Gasteiger partial charge on any atom is -0.443 e. The molecule has 0 aromatic rings. The maximum Gasteiger partial charge on any atom is 0.422 e. The molecule has 0 saturated heterocycles. The van der Waals surface area contributed by atoms with Crippen molar-refractivity contribution in [3.8, 4) is 0 Å². The largest absolute Gasteiger partial charge is 0.443 e. The molecule has 0 bridgehead atoms. The molecule has 1 amide bonds. The predicted molar refractivity (Wildman–Crippen MR) is 68.5 cm³/mol. The first-order valence-electron chi connectivity index (χ1n) is 6.58. The molecule has 0 aromatic heterocycles. The van der Waals surface area contributed by atoms with Gasteiger partial charge in [0.2, 0.25) is 0 Å². The second-order valence-corrected chi connectivity index (χ2v) is 6.15. The number of hydrazine groups is 1. The summed E-state index contributed by atoms with van der Waals surface area (Å²) < 4.78 is 5.14. The van der Waals surface area contributed by atoms with Crippen LogP contribution in [0.4, 0.5) is 4.79 Å². The van der Waals surface area contributed by atoms with Crippen molar-refractivity contribution in [3.63, 3.8) is 0 Å². The van der Waals surface area contributed by atoms with Gasteiger partial charge in [0.15, 0.2) is 0 Å². The lowest BCUT2D eigenvalue weighted by Crippen LogP contribution is -2.43. The van der Waals surface area contributed by atoms with Gasteiger partial charge in [-0.2, -0.15) is 0 Å². The van der Waals surface area contributed by atoms with E-state index in [9.17, 15) is 4.79 Å². The Morgan fingerprint density at radius 1 is 1.35 bits per heavy atom. The van der Waals surface area contributed by atoms with Crippen LogP contribution in [0.5, 0.6) is 0 Å². The van der Waals surface area contributed by atoms with Crippen molar-refractivity contribution in [1.82, 2.24) is 10.9 Å². The molecule has 0 radical (unpaired) electrons. The van der Waals surface area contributed by atoms with Gasteiger partial charge in [-0.25, -0.2) is 10.2 Å². The molecule has 2 N–H and O–H groups in total. The highest BCUT2D eigenvalue weighted by atomic mass is 16.6. The lowest BCUT2D eigenvalue weighted by Gasteiger charge is -2.27. The molecule has 2 unspecified atom stereocenters. The second-order valence-electron chi connectivity index (χ2n) is 6.15. The van der Waals surface area contributed by atoms with Gasteiger partial charge in [0.05, 0.1) is 0 Å². The van der Waals surface area contributed by atoms with Crippen molar-refractivity contribution >= 4 is 6.09 Å². The van der Waals surface area contributed by atoms with Crippen molar-refractivity contribution in [3.05, 3.63) is 0 Å². The Bertz CT molecular complexity index is 248. The fourth-order valence-corrected chi connectivity index (χ4v) is 2.32. The van der Waals surface area contributed by atoms with Crippen molar-refractivity contribution in [1.29, 1.82) is 0 Å². The summed E-state index contributed by atoms with van der Waals surface area (Å²) in [4.78, 5) is 11.4. The average molecular weight is 242 g/mol. The second kappa shape index (κ2) is 6.24. The fraction of sp³-hybridized carbons (Fsp3) is 0.923. The minimum atomic E-state index is -0.439. The van der Waals surface area contributed by atoms with E-state index in [1.54, 1.807) is 0 Å². The van der Waals surface area contributed by atoms with E-state index in [2.05, 4.69) is 17.8 Å². The minimum absolute atomic E-state index is 0.402. The zero-order valence-electron chi connectivity index (χ0n) is 11.5. The number of amides is 1. The molecular formula is C13H26N2O2. The summed E-state index contributed by atoms with van der Waals surface area (Å²) in [5.41, 5.74) is 5.12. The maximum absolute atomic E-state index is 11.4. The zero-order chi connectivity index (χ0) is 12.9. The number of ether oxygens (including phenoxy) is 1. The highest BCUT2D eigenvalue weighted by molar-refractivity contribution is 5.66. The third-order valence-electron chi connectivity index (χ3n) is 3.03. The summed E-state index contributed by atoms with van der Waals surface area (Å²) in [5.74, 6) is 1.49. The van der Waals surface area contributed by atoms with Crippen LogP contribution in [0.15, 0.2) is 0 Å². The standard InChI is InChI=1S/C13H26N2O2/c1-10-6-5-7-11(8-10)9-14-15-12(16)17-13(2,3)4/h10-11,14H,5-9H2,1-4H3,(H,15,16). The number of rotatable bonds is 3. The first-order chi connectivity index (χ1) is 7.87. The van der Waals surface area contributed by atoms with E-state index in [-0.39, 0.29) is 0 Å². The van der Waals surface area contributed by atoms with Gasteiger partial charge in [0, 0.05) is 6.54 Å². The monoisotopic (exact) mass is 242 g/mol. The van der Waals surface area contributed by atoms with E-state index in [0.717, 1.165) is 12.5 Å². The molecule has 0 heterocycles. The van der Waals surface area contributed by atoms with Crippen LogP contribution in [0.3, 0.4) is 0 Å². The number of carbonyl (C=O) groups is 1. The topological polar surface area (TPSA) is 50.4 Å². The lowest BCUT2D eigenvalue weighted by molar-refractivity contribution is 0.0492. The molecule has 1 saturated carbocycles. The Labute approximate surface area is 104 Å². The Balaban J connectivity index is 2.13. The van der Waals surface area contributed by atoms with Crippen LogP contribution < -0.4 is 10.9 Å². The van der Waals surface area contributed by atoms with Gasteiger partial charge >= 0.3 is 6.09 Å². The van der Waals surface area contributed by atoms with Crippen LogP contribution in [-0.2, 0) is 4.74 Å². The van der Waals surface area contributed by atoms with Crippen LogP contribution >= 0.6 is 0 Å². The van der Waals surface area contributed by atoms with Gasteiger partial charge < -0.3 is 4.74 Å². The van der Waals surface area contributed by atoms with Gasteiger partial charge in [0.25, 0.3) is 0 Å². The van der Waals surface area contributed by atoms with Gasteiger partial charge in [0.1, 0.15) is 5.60 Å². The zero-order valence-corrected chi connectivity index (χ0v) is 11.5. The van der Waals surface area contributed by atoms with Gasteiger partial charge in [-0.15, -0.1) is 0 Å². The Kier molecular flexibility index (Phi) is 5.25. The number of carbonyl (C=O) groups excluding carboxylic acids is 1. The van der Waals surface area contributed by atoms with E-state index in [1.165, 1.54) is 25.7 Å². The number of hydrogen-bond donors (Lipinski definition) is 2. The molecule has 1 fully saturated rings. The SMILES string of the molecule is CC1CCCC(CNNC(=O)OC(C)(C)C)C1. The summed E-state index contributed by atoms with van der Waals surface area (Å²) in [6.45, 7) is 8.71. The maximum atomic E-state index is 11.4. The fourth-order valence-electron chi connectivity index (χ4n) is 2.32. The highest BCUT2D eigenvalue weighted by Crippen LogP contribution is 2.27. The first kappa shape index (κ1) is 14.3. The Hall–Kier alpha value is -0.770. The van der Waals surface area contributed by atoms with E-state index >= 15 is 0 Å². The van der Waals surface area contributed by atoms with E-state index in [4.69, 9.17) is 4.74 Å². The van der Waals surface area contributed by atoms with E-state index in [1.807, 2.05) is 20.8 Å². The predicted octanol–water partition coefficient (Wildman–Crippen LogP) is 2.84. The molecule has 4 nitrogen and oxygen atoms in total. The van der Waals surface area contributed by atoms with Crippen molar-refractivity contribution in [2.75, 3.05) is 6.54 Å². The Morgan fingerprint density at radius 2 is 2.06 bits per heavy atom. The third kappa shape index (κ3) is 6.51. The van der Waals surface area contributed by atoms with Crippen LogP contribution in [0.25, 0.3) is 0 Å². The van der Waals surface area contributed by atoms with Crippen LogP contribution in [-0.4, -0.2) is 18.2 Å². The quantitative estimate of drug-likeness (QED) is 0.748. The molecule has 0 spiro atoms.